The third kappa shape index (κ3) is 5.19. The molecule has 3 nitrogen and oxygen atoms in total. The molecule has 0 unspecified atom stereocenters. The van der Waals surface area contributed by atoms with Crippen LogP contribution in [0.2, 0.25) is 0 Å². The molecule has 0 atom stereocenters. The first-order valence-electron chi connectivity index (χ1n) is 7.39. The number of esters is 1. The lowest BCUT2D eigenvalue weighted by Crippen LogP contribution is -2.08. The van der Waals surface area contributed by atoms with Gasteiger partial charge in [-0.2, -0.15) is 0 Å². The zero-order valence-electron chi connectivity index (χ0n) is 12.5. The summed E-state index contributed by atoms with van der Waals surface area (Å²) >= 11 is 3.34. The molecule has 0 spiro atoms. The molecule has 0 aliphatic heterocycles. The van der Waals surface area contributed by atoms with Gasteiger partial charge in [0.1, 0.15) is 11.5 Å². The van der Waals surface area contributed by atoms with Crippen LogP contribution in [0.1, 0.15) is 36.5 Å². The van der Waals surface area contributed by atoms with E-state index in [1.54, 1.807) is 36.4 Å². The minimum atomic E-state index is -0.375. The van der Waals surface area contributed by atoms with E-state index < -0.39 is 0 Å². The molecule has 116 valence electrons. The summed E-state index contributed by atoms with van der Waals surface area (Å²) < 4.78 is 11.9. The van der Waals surface area contributed by atoms with Gasteiger partial charge < -0.3 is 9.47 Å². The van der Waals surface area contributed by atoms with Crippen LogP contribution in [0, 0.1) is 0 Å². The van der Waals surface area contributed by atoms with Gasteiger partial charge in [0.05, 0.1) is 12.2 Å². The number of halogens is 1. The second-order valence-electron chi connectivity index (χ2n) is 4.92. The quantitative estimate of drug-likeness (QED) is 0.384. The minimum absolute atomic E-state index is 0.375. The fourth-order valence-electron chi connectivity index (χ4n) is 1.90. The van der Waals surface area contributed by atoms with E-state index in [-0.39, 0.29) is 5.97 Å². The van der Waals surface area contributed by atoms with Crippen molar-refractivity contribution in [2.45, 2.75) is 26.2 Å². The Labute approximate surface area is 139 Å². The molecule has 0 heterocycles. The molecule has 0 bridgehead atoms. The Morgan fingerprint density at radius 3 is 2.23 bits per heavy atom. The van der Waals surface area contributed by atoms with Crippen molar-refractivity contribution in [3.05, 3.63) is 58.6 Å². The van der Waals surface area contributed by atoms with Crippen LogP contribution in [-0.4, -0.2) is 12.6 Å². The van der Waals surface area contributed by atoms with Crippen LogP contribution in [0.5, 0.6) is 11.5 Å². The highest BCUT2D eigenvalue weighted by Crippen LogP contribution is 2.18. The van der Waals surface area contributed by atoms with Gasteiger partial charge in [-0.05, 0) is 55.0 Å². The van der Waals surface area contributed by atoms with Crippen molar-refractivity contribution >= 4 is 21.9 Å². The van der Waals surface area contributed by atoms with Crippen molar-refractivity contribution in [3.8, 4) is 11.5 Å². The van der Waals surface area contributed by atoms with E-state index in [9.17, 15) is 4.79 Å². The summed E-state index contributed by atoms with van der Waals surface area (Å²) in [5.74, 6) is 0.921. The smallest absolute Gasteiger partial charge is 0.343 e. The summed E-state index contributed by atoms with van der Waals surface area (Å²) in [7, 11) is 0. The van der Waals surface area contributed by atoms with E-state index in [1.165, 1.54) is 6.42 Å². The molecule has 0 fully saturated rings. The average Bonchev–Trinajstić information content (AvgIpc) is 2.54. The molecule has 22 heavy (non-hydrogen) atoms. The van der Waals surface area contributed by atoms with Crippen LogP contribution in [-0.2, 0) is 0 Å². The second-order valence-corrected chi connectivity index (χ2v) is 5.84. The first-order valence-corrected chi connectivity index (χ1v) is 8.19. The fraction of sp³-hybridized carbons (Fsp3) is 0.278. The van der Waals surface area contributed by atoms with Crippen LogP contribution >= 0.6 is 15.9 Å². The summed E-state index contributed by atoms with van der Waals surface area (Å²) in [5, 5.41) is 0. The fourth-order valence-corrected chi connectivity index (χ4v) is 2.16. The van der Waals surface area contributed by atoms with E-state index in [2.05, 4.69) is 22.9 Å². The van der Waals surface area contributed by atoms with Crippen molar-refractivity contribution in [1.82, 2.24) is 0 Å². The largest absolute Gasteiger partial charge is 0.494 e. The normalized spacial score (nSPS) is 10.3. The second kappa shape index (κ2) is 8.59. The van der Waals surface area contributed by atoms with E-state index in [0.29, 0.717) is 17.9 Å². The number of benzene rings is 2. The number of hydrogen-bond acceptors (Lipinski definition) is 3. The van der Waals surface area contributed by atoms with Gasteiger partial charge in [-0.3, -0.25) is 0 Å². The topological polar surface area (TPSA) is 35.5 Å². The summed E-state index contributed by atoms with van der Waals surface area (Å²) in [6.45, 7) is 2.86. The van der Waals surface area contributed by atoms with Crippen LogP contribution in [0.15, 0.2) is 53.0 Å². The van der Waals surface area contributed by atoms with Gasteiger partial charge in [0.15, 0.2) is 0 Å². The summed E-state index contributed by atoms with van der Waals surface area (Å²) in [4.78, 5) is 12.0. The number of unbranched alkanes of at least 4 members (excludes halogenated alkanes) is 2. The molecule has 4 heteroatoms. The lowest BCUT2D eigenvalue weighted by atomic mass is 10.2. The maximum atomic E-state index is 12.0. The maximum absolute atomic E-state index is 12.0. The first-order chi connectivity index (χ1) is 10.7. The molecule has 0 aliphatic rings. The lowest BCUT2D eigenvalue weighted by molar-refractivity contribution is 0.0734. The van der Waals surface area contributed by atoms with E-state index in [1.807, 2.05) is 12.1 Å². The molecule has 0 N–H and O–H groups in total. The van der Waals surface area contributed by atoms with Gasteiger partial charge in [-0.25, -0.2) is 4.79 Å². The molecule has 2 aromatic carbocycles. The average molecular weight is 363 g/mol. The molecular weight excluding hydrogens is 344 g/mol. The number of ether oxygens (including phenoxy) is 2. The Kier molecular flexibility index (Phi) is 6.46. The molecule has 0 saturated carbocycles. The predicted octanol–water partition coefficient (Wildman–Crippen LogP) is 5.24. The van der Waals surface area contributed by atoms with Gasteiger partial charge in [0.25, 0.3) is 0 Å². The third-order valence-electron chi connectivity index (χ3n) is 3.13. The van der Waals surface area contributed by atoms with E-state index >= 15 is 0 Å². The molecular formula is C18H19BrO3. The van der Waals surface area contributed by atoms with Gasteiger partial charge in [-0.15, -0.1) is 0 Å². The number of carbonyl (C=O) groups is 1. The first kappa shape index (κ1) is 16.6. The zero-order chi connectivity index (χ0) is 15.8. The molecule has 2 rings (SSSR count). The number of carbonyl (C=O) groups excluding carboxylic acids is 1. The molecule has 0 saturated heterocycles. The van der Waals surface area contributed by atoms with Crippen LogP contribution < -0.4 is 9.47 Å². The summed E-state index contributed by atoms with van der Waals surface area (Å²) in [5.41, 5.74) is 0.504. The molecule has 0 radical (unpaired) electrons. The molecule has 0 aliphatic carbocycles. The Hall–Kier alpha value is -1.81. The maximum Gasteiger partial charge on any atom is 0.343 e. The van der Waals surface area contributed by atoms with Crippen molar-refractivity contribution in [1.29, 1.82) is 0 Å². The van der Waals surface area contributed by atoms with Gasteiger partial charge in [-0.1, -0.05) is 35.7 Å². The van der Waals surface area contributed by atoms with Crippen molar-refractivity contribution in [2.75, 3.05) is 6.61 Å². The zero-order valence-corrected chi connectivity index (χ0v) is 14.1. The van der Waals surface area contributed by atoms with Crippen LogP contribution in [0.3, 0.4) is 0 Å². The monoisotopic (exact) mass is 362 g/mol. The number of hydrogen-bond donors (Lipinski definition) is 0. The highest BCUT2D eigenvalue weighted by atomic mass is 79.9. The standard InChI is InChI=1S/C18H19BrO3/c1-2-3-4-13-21-16-9-5-14(6-10-16)18(20)22-17-11-7-15(19)8-12-17/h5-12H,2-4,13H2,1H3. The Balaban J connectivity index is 1.89. The molecule has 2 aromatic rings. The minimum Gasteiger partial charge on any atom is -0.494 e. The van der Waals surface area contributed by atoms with E-state index in [4.69, 9.17) is 9.47 Å². The summed E-state index contributed by atoms with van der Waals surface area (Å²) in [6.07, 6.45) is 3.38. The Bertz CT molecular complexity index is 591. The van der Waals surface area contributed by atoms with Crippen molar-refractivity contribution in [3.63, 3.8) is 0 Å². The van der Waals surface area contributed by atoms with Crippen molar-refractivity contribution in [2.24, 2.45) is 0 Å². The molecule has 0 amide bonds. The highest BCUT2D eigenvalue weighted by molar-refractivity contribution is 9.10. The third-order valence-corrected chi connectivity index (χ3v) is 3.66. The van der Waals surface area contributed by atoms with E-state index in [0.717, 1.165) is 23.1 Å². The highest BCUT2D eigenvalue weighted by Gasteiger charge is 2.08. The van der Waals surface area contributed by atoms with Gasteiger partial charge >= 0.3 is 5.97 Å². The van der Waals surface area contributed by atoms with Crippen LogP contribution in [0.25, 0.3) is 0 Å². The lowest BCUT2D eigenvalue weighted by Gasteiger charge is -2.07. The van der Waals surface area contributed by atoms with Crippen LogP contribution in [0.4, 0.5) is 0 Å². The van der Waals surface area contributed by atoms with Crippen molar-refractivity contribution < 1.29 is 14.3 Å². The Morgan fingerprint density at radius 1 is 0.955 bits per heavy atom. The summed E-state index contributed by atoms with van der Waals surface area (Å²) in [6, 6.07) is 14.2. The van der Waals surface area contributed by atoms with Gasteiger partial charge in [0, 0.05) is 4.47 Å². The van der Waals surface area contributed by atoms with Gasteiger partial charge in [0.2, 0.25) is 0 Å². The Morgan fingerprint density at radius 2 is 1.59 bits per heavy atom. The SMILES string of the molecule is CCCCCOc1ccc(C(=O)Oc2ccc(Br)cc2)cc1. The predicted molar refractivity (Wildman–Crippen MR) is 90.6 cm³/mol. The molecule has 0 aromatic heterocycles. The number of rotatable bonds is 7.